The average Bonchev–Trinajstić information content (AvgIpc) is 3.31. The highest BCUT2D eigenvalue weighted by molar-refractivity contribution is 6.23. The highest BCUT2D eigenvalue weighted by Crippen LogP contribution is 2.64. The molecule has 7 nitrogen and oxygen atoms in total. The smallest absolute Gasteiger partial charge is 0.417 e. The van der Waals surface area contributed by atoms with E-state index in [0.29, 0.717) is 12.5 Å². The van der Waals surface area contributed by atoms with Crippen LogP contribution in [0.15, 0.2) is 18.2 Å². The lowest BCUT2D eigenvalue weighted by atomic mass is 9.64. The summed E-state index contributed by atoms with van der Waals surface area (Å²) in [5, 5.41) is 9.03. The SMILES string of the molecule is CC[C@]12C[C@H](OC(C)=O)[C@](CC)(O1)[C@@H]1C(=O)N(c3ccc(C#N)c(C(F)(F)F)c3)C(=O)[C@@H]12. The number of imide groups is 1. The number of nitrogens with zero attached hydrogens (tertiary/aromatic N) is 2. The molecule has 0 aromatic heterocycles. The summed E-state index contributed by atoms with van der Waals surface area (Å²) in [7, 11) is 0. The number of alkyl halides is 3. The van der Waals surface area contributed by atoms with Crippen molar-refractivity contribution in [3.05, 3.63) is 29.3 Å². The molecule has 3 aliphatic rings. The summed E-state index contributed by atoms with van der Waals surface area (Å²) in [5.41, 5.74) is -4.35. The number of halogens is 3. The van der Waals surface area contributed by atoms with Gasteiger partial charge in [0, 0.05) is 13.3 Å². The lowest BCUT2D eigenvalue weighted by Crippen LogP contribution is -2.52. The monoisotopic (exact) mass is 450 g/mol. The third-order valence-electron chi connectivity index (χ3n) is 7.02. The molecule has 0 spiro atoms. The van der Waals surface area contributed by atoms with E-state index >= 15 is 0 Å². The minimum Gasteiger partial charge on any atom is -0.459 e. The quantitative estimate of drug-likeness (QED) is 0.516. The fourth-order valence-electron chi connectivity index (χ4n) is 5.67. The fraction of sp³-hybridized carbons (Fsp3) is 0.545. The van der Waals surface area contributed by atoms with Gasteiger partial charge in [-0.25, -0.2) is 4.90 Å². The number of benzene rings is 1. The third-order valence-corrected chi connectivity index (χ3v) is 7.02. The molecule has 3 saturated heterocycles. The van der Waals surface area contributed by atoms with Crippen LogP contribution in [0.5, 0.6) is 0 Å². The Hall–Kier alpha value is -2.93. The average molecular weight is 450 g/mol. The number of esters is 1. The van der Waals surface area contributed by atoms with Crippen molar-refractivity contribution in [2.75, 3.05) is 4.90 Å². The van der Waals surface area contributed by atoms with Crippen molar-refractivity contribution in [2.45, 2.75) is 63.5 Å². The molecule has 2 amide bonds. The number of fused-ring (bicyclic) bond motifs is 5. The lowest BCUT2D eigenvalue weighted by molar-refractivity contribution is -0.162. The van der Waals surface area contributed by atoms with E-state index in [1.54, 1.807) is 13.8 Å². The van der Waals surface area contributed by atoms with E-state index in [0.717, 1.165) is 17.0 Å². The fourth-order valence-corrected chi connectivity index (χ4v) is 5.67. The summed E-state index contributed by atoms with van der Waals surface area (Å²) in [6, 6.07) is 4.25. The number of rotatable bonds is 4. The van der Waals surface area contributed by atoms with Gasteiger partial charge in [-0.3, -0.25) is 14.4 Å². The van der Waals surface area contributed by atoms with Crippen molar-refractivity contribution in [1.82, 2.24) is 0 Å². The zero-order chi connectivity index (χ0) is 23.6. The molecule has 1 aromatic rings. The number of hydrogen-bond donors (Lipinski definition) is 0. The van der Waals surface area contributed by atoms with E-state index in [4.69, 9.17) is 14.7 Å². The molecule has 10 heteroatoms. The molecule has 0 saturated carbocycles. The van der Waals surface area contributed by atoms with Gasteiger partial charge >= 0.3 is 12.1 Å². The normalized spacial score (nSPS) is 33.4. The third kappa shape index (κ3) is 2.80. The minimum absolute atomic E-state index is 0.228. The Kier molecular flexibility index (Phi) is 4.90. The predicted molar refractivity (Wildman–Crippen MR) is 103 cm³/mol. The molecule has 0 aliphatic carbocycles. The summed E-state index contributed by atoms with van der Waals surface area (Å²) in [4.78, 5) is 39.4. The Labute approximate surface area is 182 Å². The van der Waals surface area contributed by atoms with Crippen LogP contribution in [-0.4, -0.2) is 35.1 Å². The van der Waals surface area contributed by atoms with Crippen LogP contribution in [-0.2, 0) is 30.0 Å². The Bertz CT molecular complexity index is 1060. The predicted octanol–water partition coefficient (Wildman–Crippen LogP) is 3.35. The number of amides is 2. The Balaban J connectivity index is 1.82. The van der Waals surface area contributed by atoms with Gasteiger partial charge < -0.3 is 9.47 Å². The molecular weight excluding hydrogens is 429 g/mol. The van der Waals surface area contributed by atoms with Gasteiger partial charge in [0.15, 0.2) is 0 Å². The van der Waals surface area contributed by atoms with Crippen molar-refractivity contribution < 1.29 is 37.0 Å². The number of nitriles is 1. The number of ether oxygens (including phenoxy) is 2. The number of carbonyl (C=O) groups excluding carboxylic acids is 3. The molecule has 32 heavy (non-hydrogen) atoms. The van der Waals surface area contributed by atoms with E-state index in [2.05, 4.69) is 0 Å². The zero-order valence-corrected chi connectivity index (χ0v) is 17.7. The van der Waals surface area contributed by atoms with Gasteiger partial charge in [-0.15, -0.1) is 0 Å². The first-order chi connectivity index (χ1) is 15.0. The van der Waals surface area contributed by atoms with E-state index in [9.17, 15) is 27.6 Å². The van der Waals surface area contributed by atoms with E-state index in [1.165, 1.54) is 13.0 Å². The molecule has 0 unspecified atom stereocenters. The standard InChI is InChI=1S/C22H21F3N2O5/c1-4-20-9-15(31-11(3)28)21(5-2,32-20)17-16(20)18(29)27(19(17)30)13-7-6-12(10-26)14(8-13)22(23,24)25/h6-8,15-17H,4-5,9H2,1-3H3/t15-,16+,17-,20+,21-/m0/s1. The highest BCUT2D eigenvalue weighted by atomic mass is 19.4. The molecule has 170 valence electrons. The number of anilines is 1. The van der Waals surface area contributed by atoms with Crippen LogP contribution in [0.1, 0.15) is 51.2 Å². The second-order valence-corrected chi connectivity index (χ2v) is 8.44. The van der Waals surface area contributed by atoms with Gasteiger partial charge in [-0.05, 0) is 31.0 Å². The first kappa shape index (κ1) is 22.3. The number of carbonyl (C=O) groups is 3. The Morgan fingerprint density at radius 3 is 2.44 bits per heavy atom. The molecule has 2 bridgehead atoms. The molecule has 3 aliphatic heterocycles. The second kappa shape index (κ2) is 7.04. The highest BCUT2D eigenvalue weighted by Gasteiger charge is 2.78. The van der Waals surface area contributed by atoms with Gasteiger partial charge in [0.05, 0.1) is 40.3 Å². The minimum atomic E-state index is -4.83. The van der Waals surface area contributed by atoms with Crippen molar-refractivity contribution in [2.24, 2.45) is 11.8 Å². The van der Waals surface area contributed by atoms with Crippen LogP contribution in [0, 0.1) is 23.2 Å². The van der Waals surface area contributed by atoms with Crippen LogP contribution in [0.2, 0.25) is 0 Å². The summed E-state index contributed by atoms with van der Waals surface area (Å²) >= 11 is 0. The largest absolute Gasteiger partial charge is 0.459 e. The van der Waals surface area contributed by atoms with Gasteiger partial charge in [-0.1, -0.05) is 13.8 Å². The maximum absolute atomic E-state index is 13.5. The van der Waals surface area contributed by atoms with Gasteiger partial charge in [0.1, 0.15) is 11.7 Å². The van der Waals surface area contributed by atoms with Crippen molar-refractivity contribution >= 4 is 23.5 Å². The Morgan fingerprint density at radius 2 is 1.91 bits per heavy atom. The van der Waals surface area contributed by atoms with E-state index < -0.39 is 64.2 Å². The van der Waals surface area contributed by atoms with Crippen LogP contribution in [0.3, 0.4) is 0 Å². The lowest BCUT2D eigenvalue weighted by Gasteiger charge is -2.36. The topological polar surface area (TPSA) is 96.7 Å². The second-order valence-electron chi connectivity index (χ2n) is 8.44. The van der Waals surface area contributed by atoms with Crippen LogP contribution < -0.4 is 4.90 Å². The van der Waals surface area contributed by atoms with Gasteiger partial charge in [-0.2, -0.15) is 18.4 Å². The van der Waals surface area contributed by atoms with E-state index in [-0.39, 0.29) is 18.5 Å². The molecular formula is C22H21F3N2O5. The van der Waals surface area contributed by atoms with Crippen LogP contribution in [0.25, 0.3) is 0 Å². The summed E-state index contributed by atoms with van der Waals surface area (Å²) < 4.78 is 52.1. The van der Waals surface area contributed by atoms with Gasteiger partial charge in [0.2, 0.25) is 11.8 Å². The van der Waals surface area contributed by atoms with Gasteiger partial charge in [0.25, 0.3) is 0 Å². The maximum Gasteiger partial charge on any atom is 0.417 e. The molecule has 0 radical (unpaired) electrons. The van der Waals surface area contributed by atoms with Crippen molar-refractivity contribution in [1.29, 1.82) is 5.26 Å². The van der Waals surface area contributed by atoms with Crippen LogP contribution >= 0.6 is 0 Å². The van der Waals surface area contributed by atoms with Crippen molar-refractivity contribution in [3.63, 3.8) is 0 Å². The molecule has 3 fully saturated rings. The maximum atomic E-state index is 13.5. The molecule has 0 N–H and O–H groups in total. The van der Waals surface area contributed by atoms with E-state index in [1.807, 2.05) is 0 Å². The first-order valence-corrected chi connectivity index (χ1v) is 10.3. The summed E-state index contributed by atoms with van der Waals surface area (Å²) in [6.07, 6.45) is -4.70. The van der Waals surface area contributed by atoms with Crippen LogP contribution in [0.4, 0.5) is 18.9 Å². The molecule has 4 rings (SSSR count). The number of hydrogen-bond acceptors (Lipinski definition) is 6. The zero-order valence-electron chi connectivity index (χ0n) is 17.7. The van der Waals surface area contributed by atoms with Crippen molar-refractivity contribution in [3.8, 4) is 6.07 Å². The molecule has 1 aromatic carbocycles. The molecule has 5 atom stereocenters. The molecule has 3 heterocycles. The summed E-state index contributed by atoms with van der Waals surface area (Å²) in [5.74, 6) is -3.75. The summed E-state index contributed by atoms with van der Waals surface area (Å²) in [6.45, 7) is 4.80. The first-order valence-electron chi connectivity index (χ1n) is 10.3. The Morgan fingerprint density at radius 1 is 1.25 bits per heavy atom.